The Labute approximate surface area is 214 Å². The van der Waals surface area contributed by atoms with Crippen molar-refractivity contribution in [3.8, 4) is 0 Å². The molecule has 2 aromatic carbocycles. The number of carbonyl (C=O) groups excluding carboxylic acids is 3. The summed E-state index contributed by atoms with van der Waals surface area (Å²) in [5.74, 6) is 0.00229. The number of hydrogen-bond acceptors (Lipinski definition) is 4. The van der Waals surface area contributed by atoms with E-state index in [9.17, 15) is 14.4 Å². The number of fused-ring (bicyclic) bond motifs is 1. The molecule has 2 aromatic rings. The molecular formula is C30H39N3O3. The first-order valence-electron chi connectivity index (χ1n) is 13.2. The summed E-state index contributed by atoms with van der Waals surface area (Å²) in [5.41, 5.74) is 4.15. The Hall–Kier alpha value is -3.15. The van der Waals surface area contributed by atoms with E-state index in [-0.39, 0.29) is 35.4 Å². The highest BCUT2D eigenvalue weighted by atomic mass is 16.2. The number of rotatable bonds is 9. The summed E-state index contributed by atoms with van der Waals surface area (Å²) in [6.45, 7) is 8.10. The molecule has 2 N–H and O–H groups in total. The fourth-order valence-corrected chi connectivity index (χ4v) is 5.72. The number of nitrogens with zero attached hydrogens (tertiary/aromatic N) is 1. The van der Waals surface area contributed by atoms with Crippen molar-refractivity contribution in [3.63, 3.8) is 0 Å². The Balaban J connectivity index is 1.74. The quantitative estimate of drug-likeness (QED) is 0.542. The molecule has 36 heavy (non-hydrogen) atoms. The van der Waals surface area contributed by atoms with Gasteiger partial charge in [-0.15, -0.1) is 0 Å². The van der Waals surface area contributed by atoms with Crippen molar-refractivity contribution in [1.29, 1.82) is 0 Å². The van der Waals surface area contributed by atoms with Gasteiger partial charge in [0.25, 0.3) is 0 Å². The summed E-state index contributed by atoms with van der Waals surface area (Å²) < 4.78 is 0. The van der Waals surface area contributed by atoms with Gasteiger partial charge in [-0.1, -0.05) is 64.1 Å². The van der Waals surface area contributed by atoms with Crippen LogP contribution in [0.1, 0.15) is 63.3 Å². The predicted molar refractivity (Wildman–Crippen MR) is 143 cm³/mol. The summed E-state index contributed by atoms with van der Waals surface area (Å²) in [6.07, 6.45) is 2.35. The van der Waals surface area contributed by atoms with E-state index < -0.39 is 18.1 Å². The van der Waals surface area contributed by atoms with Gasteiger partial charge in [0.2, 0.25) is 11.8 Å². The Kier molecular flexibility index (Phi) is 7.82. The first-order chi connectivity index (χ1) is 17.2. The zero-order valence-electron chi connectivity index (χ0n) is 22.1. The van der Waals surface area contributed by atoms with Gasteiger partial charge in [-0.2, -0.15) is 0 Å². The molecule has 2 aliphatic rings. The topological polar surface area (TPSA) is 78.5 Å². The molecule has 2 amide bonds. The Morgan fingerprint density at radius 2 is 1.58 bits per heavy atom. The molecule has 4 rings (SSSR count). The van der Waals surface area contributed by atoms with Gasteiger partial charge < -0.3 is 15.5 Å². The molecule has 3 atom stereocenters. The van der Waals surface area contributed by atoms with Crippen LogP contribution in [0.5, 0.6) is 0 Å². The zero-order chi connectivity index (χ0) is 26.0. The molecule has 0 bridgehead atoms. The second kappa shape index (κ2) is 10.9. The number of amides is 2. The molecule has 0 radical (unpaired) electrons. The van der Waals surface area contributed by atoms with Crippen LogP contribution in [0.4, 0.5) is 5.69 Å². The number of nitrogens with one attached hydrogen (secondary N) is 2. The molecule has 1 saturated heterocycles. The van der Waals surface area contributed by atoms with Crippen LogP contribution in [0.15, 0.2) is 48.5 Å². The average Bonchev–Trinajstić information content (AvgIpc) is 3.27. The first kappa shape index (κ1) is 25.9. The third kappa shape index (κ3) is 5.32. The second-order valence-corrected chi connectivity index (χ2v) is 11.2. The molecule has 1 aliphatic carbocycles. The molecule has 0 aromatic heterocycles. The molecule has 0 unspecified atom stereocenters. The van der Waals surface area contributed by atoms with Crippen LogP contribution in [0.25, 0.3) is 0 Å². The van der Waals surface area contributed by atoms with Crippen molar-refractivity contribution in [2.75, 3.05) is 12.4 Å². The highest BCUT2D eigenvalue weighted by Crippen LogP contribution is 2.36. The minimum absolute atomic E-state index is 0.0196. The van der Waals surface area contributed by atoms with Gasteiger partial charge in [-0.3, -0.25) is 14.4 Å². The average molecular weight is 490 g/mol. The van der Waals surface area contributed by atoms with E-state index in [1.165, 1.54) is 11.1 Å². The van der Waals surface area contributed by atoms with Crippen molar-refractivity contribution in [2.45, 2.75) is 71.5 Å². The number of benzene rings is 2. The van der Waals surface area contributed by atoms with Gasteiger partial charge in [-0.05, 0) is 65.8 Å². The first-order valence-corrected chi connectivity index (χ1v) is 13.2. The monoisotopic (exact) mass is 489 g/mol. The van der Waals surface area contributed by atoms with E-state index in [0.717, 1.165) is 24.1 Å². The lowest BCUT2D eigenvalue weighted by molar-refractivity contribution is -0.157. The predicted octanol–water partition coefficient (Wildman–Crippen LogP) is 4.54. The molecule has 1 heterocycles. The van der Waals surface area contributed by atoms with E-state index in [1.807, 2.05) is 71.1 Å². The maximum Gasteiger partial charge on any atom is 0.247 e. The van der Waals surface area contributed by atoms with Gasteiger partial charge in [0, 0.05) is 19.2 Å². The summed E-state index contributed by atoms with van der Waals surface area (Å²) in [6, 6.07) is 13.8. The van der Waals surface area contributed by atoms with Crippen molar-refractivity contribution >= 4 is 23.3 Å². The van der Waals surface area contributed by atoms with Crippen molar-refractivity contribution in [3.05, 3.63) is 65.2 Å². The van der Waals surface area contributed by atoms with Gasteiger partial charge in [0.15, 0.2) is 5.78 Å². The normalized spacial score (nSPS) is 21.0. The molecule has 192 valence electrons. The highest BCUT2D eigenvalue weighted by molar-refractivity contribution is 6.00. The standard InChI is InChI=1S/C30H39N3O3/c1-18(2)14-25-29(35)32-27(23-16-21-8-6-7-9-22(21)17-23)30(36)33(25)28(26(34)15-19(3)4)20-10-12-24(31-5)13-11-20/h6-13,18-19,23,25,27-28,31H,14-17H2,1-5H3,(H,32,35)/t25-,27-,28-/m1/s1. The van der Waals surface area contributed by atoms with Crippen LogP contribution in [-0.4, -0.2) is 41.6 Å². The molecule has 6 nitrogen and oxygen atoms in total. The number of hydrogen-bond donors (Lipinski definition) is 2. The Morgan fingerprint density at radius 1 is 0.972 bits per heavy atom. The third-order valence-electron chi connectivity index (χ3n) is 7.41. The zero-order valence-corrected chi connectivity index (χ0v) is 22.1. The fourth-order valence-electron chi connectivity index (χ4n) is 5.72. The third-order valence-corrected chi connectivity index (χ3v) is 7.41. The molecule has 6 heteroatoms. The summed E-state index contributed by atoms with van der Waals surface area (Å²) in [4.78, 5) is 43.3. The van der Waals surface area contributed by atoms with Crippen LogP contribution in [0, 0.1) is 17.8 Å². The maximum absolute atomic E-state index is 14.3. The lowest BCUT2D eigenvalue weighted by Crippen LogP contribution is -2.66. The van der Waals surface area contributed by atoms with E-state index in [1.54, 1.807) is 4.90 Å². The molecular weight excluding hydrogens is 450 g/mol. The SMILES string of the molecule is CNc1ccc([C@H](C(=O)CC(C)C)N2C(=O)[C@@H](C3Cc4ccccc4C3)NC(=O)[C@H]2CC(C)C)cc1. The highest BCUT2D eigenvalue weighted by Gasteiger charge is 2.49. The lowest BCUT2D eigenvalue weighted by Gasteiger charge is -2.45. The largest absolute Gasteiger partial charge is 0.388 e. The molecule has 1 aliphatic heterocycles. The van der Waals surface area contributed by atoms with Crippen LogP contribution < -0.4 is 10.6 Å². The van der Waals surface area contributed by atoms with Gasteiger partial charge in [0.1, 0.15) is 18.1 Å². The van der Waals surface area contributed by atoms with E-state index >= 15 is 0 Å². The van der Waals surface area contributed by atoms with Crippen molar-refractivity contribution in [1.82, 2.24) is 10.2 Å². The number of Topliss-reactive ketones (excluding diaryl/α,β-unsaturated/α-hetero) is 1. The minimum Gasteiger partial charge on any atom is -0.388 e. The smallest absolute Gasteiger partial charge is 0.247 e. The van der Waals surface area contributed by atoms with Crippen LogP contribution in [-0.2, 0) is 27.2 Å². The van der Waals surface area contributed by atoms with Crippen LogP contribution in [0.3, 0.4) is 0 Å². The summed E-state index contributed by atoms with van der Waals surface area (Å²) in [7, 11) is 1.85. The van der Waals surface area contributed by atoms with Gasteiger partial charge in [0.05, 0.1) is 0 Å². The van der Waals surface area contributed by atoms with E-state index in [2.05, 4.69) is 22.8 Å². The fraction of sp³-hybridized carbons (Fsp3) is 0.500. The molecule has 0 saturated carbocycles. The molecule has 1 fully saturated rings. The number of ketones is 1. The number of carbonyl (C=O) groups is 3. The van der Waals surface area contributed by atoms with Crippen molar-refractivity contribution in [2.24, 2.45) is 17.8 Å². The van der Waals surface area contributed by atoms with E-state index in [4.69, 9.17) is 0 Å². The maximum atomic E-state index is 14.3. The molecule has 0 spiro atoms. The number of anilines is 1. The van der Waals surface area contributed by atoms with Gasteiger partial charge >= 0.3 is 0 Å². The van der Waals surface area contributed by atoms with E-state index in [0.29, 0.717) is 12.8 Å². The second-order valence-electron chi connectivity index (χ2n) is 11.2. The van der Waals surface area contributed by atoms with Crippen LogP contribution in [0.2, 0.25) is 0 Å². The summed E-state index contributed by atoms with van der Waals surface area (Å²) >= 11 is 0. The van der Waals surface area contributed by atoms with Gasteiger partial charge in [-0.25, -0.2) is 0 Å². The number of piperazine rings is 1. The Bertz CT molecular complexity index is 1080. The minimum atomic E-state index is -0.785. The lowest BCUT2D eigenvalue weighted by atomic mass is 9.86. The Morgan fingerprint density at radius 3 is 2.11 bits per heavy atom. The van der Waals surface area contributed by atoms with Crippen LogP contribution >= 0.6 is 0 Å². The summed E-state index contributed by atoms with van der Waals surface area (Å²) in [5, 5.41) is 6.19. The van der Waals surface area contributed by atoms with Crippen molar-refractivity contribution < 1.29 is 14.4 Å².